The van der Waals surface area contributed by atoms with E-state index in [0.29, 0.717) is 5.06 Å². The van der Waals surface area contributed by atoms with Crippen molar-refractivity contribution < 1.29 is 5.11 Å². The number of hydrogen-bond acceptors (Lipinski definition) is 3. The molecule has 0 saturated heterocycles. The zero-order valence-corrected chi connectivity index (χ0v) is 9.70. The second kappa shape index (κ2) is 3.58. The molecule has 1 aliphatic heterocycles. The number of aromatic hydroxyl groups is 1. The predicted molar refractivity (Wildman–Crippen MR) is 64.8 cm³/mol. The normalized spacial score (nSPS) is 14.1. The van der Waals surface area contributed by atoms with Crippen LogP contribution in [0.4, 0.5) is 0 Å². The fourth-order valence-corrected chi connectivity index (χ4v) is 4.07. The van der Waals surface area contributed by atoms with Crippen LogP contribution in [0.1, 0.15) is 16.7 Å². The number of thiophene rings is 1. The molecule has 76 valence electrons. The van der Waals surface area contributed by atoms with Gasteiger partial charge < -0.3 is 5.11 Å². The van der Waals surface area contributed by atoms with Gasteiger partial charge in [0, 0.05) is 5.75 Å². The largest absolute Gasteiger partial charge is 0.499 e. The van der Waals surface area contributed by atoms with E-state index in [-0.39, 0.29) is 0 Å². The lowest BCUT2D eigenvalue weighted by atomic mass is 10.0. The Bertz CT molecular complexity index is 502. The lowest BCUT2D eigenvalue weighted by Crippen LogP contribution is -1.89. The van der Waals surface area contributed by atoms with Crippen molar-refractivity contribution in [3.8, 4) is 5.06 Å². The summed E-state index contributed by atoms with van der Waals surface area (Å²) < 4.78 is 1.27. The molecule has 3 rings (SSSR count). The van der Waals surface area contributed by atoms with Gasteiger partial charge in [0.1, 0.15) is 0 Å². The van der Waals surface area contributed by atoms with Crippen LogP contribution >= 0.6 is 23.1 Å². The van der Waals surface area contributed by atoms with E-state index < -0.39 is 0 Å². The Labute approximate surface area is 96.8 Å². The van der Waals surface area contributed by atoms with Gasteiger partial charge in [-0.25, -0.2) is 0 Å². The van der Waals surface area contributed by atoms with Gasteiger partial charge in [-0.3, -0.25) is 0 Å². The van der Waals surface area contributed by atoms with Gasteiger partial charge in [0.25, 0.3) is 0 Å². The van der Waals surface area contributed by atoms with E-state index in [1.165, 1.54) is 32.2 Å². The standard InChI is InChI=1S/C12H10OS2/c13-11-6-10-5-8-3-1-2-4-9(8)7-14-12(10)15-11/h1-4,6,13H,5,7H2. The third-order valence-electron chi connectivity index (χ3n) is 2.62. The summed E-state index contributed by atoms with van der Waals surface area (Å²) in [4.78, 5) is 0. The van der Waals surface area contributed by atoms with Crippen LogP contribution in [0.15, 0.2) is 34.5 Å². The monoisotopic (exact) mass is 234 g/mol. The van der Waals surface area contributed by atoms with Crippen molar-refractivity contribution >= 4 is 23.1 Å². The van der Waals surface area contributed by atoms with Crippen LogP contribution in [0, 0.1) is 0 Å². The summed E-state index contributed by atoms with van der Waals surface area (Å²) in [6, 6.07) is 10.4. The molecule has 0 fully saturated rings. The summed E-state index contributed by atoms with van der Waals surface area (Å²) in [5.41, 5.74) is 4.08. The van der Waals surface area contributed by atoms with E-state index in [0.717, 1.165) is 12.2 Å². The van der Waals surface area contributed by atoms with Crippen LogP contribution in [-0.4, -0.2) is 5.11 Å². The fraction of sp³-hybridized carbons (Fsp3) is 0.167. The maximum atomic E-state index is 9.47. The highest BCUT2D eigenvalue weighted by atomic mass is 32.2. The van der Waals surface area contributed by atoms with Gasteiger partial charge in [0.15, 0.2) is 5.06 Å². The van der Waals surface area contributed by atoms with Crippen molar-refractivity contribution in [1.29, 1.82) is 0 Å². The summed E-state index contributed by atoms with van der Waals surface area (Å²) in [5.74, 6) is 1.02. The van der Waals surface area contributed by atoms with Crippen molar-refractivity contribution in [3.05, 3.63) is 47.0 Å². The Morgan fingerprint density at radius 3 is 2.73 bits per heavy atom. The lowest BCUT2D eigenvalue weighted by Gasteiger charge is -2.02. The minimum Gasteiger partial charge on any atom is -0.499 e. The molecule has 0 unspecified atom stereocenters. The lowest BCUT2D eigenvalue weighted by molar-refractivity contribution is 0.490. The molecule has 0 aliphatic carbocycles. The van der Waals surface area contributed by atoms with Crippen LogP contribution < -0.4 is 0 Å². The van der Waals surface area contributed by atoms with Crippen molar-refractivity contribution in [3.63, 3.8) is 0 Å². The number of thioether (sulfide) groups is 1. The average Bonchev–Trinajstić information content (AvgIpc) is 2.49. The highest BCUT2D eigenvalue weighted by molar-refractivity contribution is 8.00. The van der Waals surface area contributed by atoms with Crippen LogP contribution in [0.3, 0.4) is 0 Å². The maximum Gasteiger partial charge on any atom is 0.172 e. The Hall–Kier alpha value is -0.930. The predicted octanol–water partition coefficient (Wildman–Crippen LogP) is 3.65. The molecule has 1 N–H and O–H groups in total. The van der Waals surface area contributed by atoms with Crippen LogP contribution in [0.25, 0.3) is 0 Å². The summed E-state index contributed by atoms with van der Waals surface area (Å²) in [5, 5.41) is 9.91. The van der Waals surface area contributed by atoms with Gasteiger partial charge >= 0.3 is 0 Å². The van der Waals surface area contributed by atoms with Crippen molar-refractivity contribution in [2.45, 2.75) is 16.4 Å². The maximum absolute atomic E-state index is 9.47. The molecule has 1 aromatic heterocycles. The fourth-order valence-electron chi connectivity index (χ4n) is 1.86. The van der Waals surface area contributed by atoms with E-state index in [4.69, 9.17) is 0 Å². The quantitative estimate of drug-likeness (QED) is 0.751. The molecular formula is C12H10OS2. The zero-order valence-electron chi connectivity index (χ0n) is 8.06. The molecular weight excluding hydrogens is 224 g/mol. The number of fused-ring (bicyclic) bond motifs is 2. The minimum atomic E-state index is 0.437. The highest BCUT2D eigenvalue weighted by Gasteiger charge is 2.15. The second-order valence-corrected chi connectivity index (χ2v) is 5.91. The highest BCUT2D eigenvalue weighted by Crippen LogP contribution is 2.41. The van der Waals surface area contributed by atoms with Gasteiger partial charge in [-0.1, -0.05) is 35.6 Å². The van der Waals surface area contributed by atoms with E-state index in [9.17, 15) is 5.11 Å². The molecule has 0 radical (unpaired) electrons. The molecule has 0 amide bonds. The first-order valence-corrected chi connectivity index (χ1v) is 6.64. The summed E-state index contributed by atoms with van der Waals surface area (Å²) in [6.07, 6.45) is 0.954. The van der Waals surface area contributed by atoms with Crippen LogP contribution in [0.5, 0.6) is 5.06 Å². The first-order chi connectivity index (χ1) is 7.33. The molecule has 1 nitrogen and oxygen atoms in total. The Morgan fingerprint density at radius 2 is 1.87 bits per heavy atom. The van der Waals surface area contributed by atoms with E-state index in [1.54, 1.807) is 0 Å². The van der Waals surface area contributed by atoms with Crippen LogP contribution in [-0.2, 0) is 12.2 Å². The summed E-state index contributed by atoms with van der Waals surface area (Å²) >= 11 is 3.32. The van der Waals surface area contributed by atoms with Gasteiger partial charge in [-0.05, 0) is 29.2 Å². The number of hydrogen-bond donors (Lipinski definition) is 1. The molecule has 1 aliphatic rings. The Balaban J connectivity index is 2.08. The molecule has 15 heavy (non-hydrogen) atoms. The third kappa shape index (κ3) is 1.66. The molecule has 1 aromatic carbocycles. The summed E-state index contributed by atoms with van der Waals surface area (Å²) in [6.45, 7) is 0. The van der Waals surface area contributed by atoms with Crippen molar-refractivity contribution in [2.24, 2.45) is 0 Å². The number of benzene rings is 1. The molecule has 0 saturated carbocycles. The number of rotatable bonds is 0. The van der Waals surface area contributed by atoms with Crippen LogP contribution in [0.2, 0.25) is 0 Å². The van der Waals surface area contributed by atoms with Gasteiger partial charge in [0.05, 0.1) is 4.21 Å². The van der Waals surface area contributed by atoms with E-state index in [2.05, 4.69) is 24.3 Å². The van der Waals surface area contributed by atoms with Crippen molar-refractivity contribution in [1.82, 2.24) is 0 Å². The van der Waals surface area contributed by atoms with Gasteiger partial charge in [-0.15, -0.1) is 11.8 Å². The van der Waals surface area contributed by atoms with Crippen molar-refractivity contribution in [2.75, 3.05) is 0 Å². The summed E-state index contributed by atoms with van der Waals surface area (Å²) in [7, 11) is 0. The van der Waals surface area contributed by atoms with E-state index in [1.807, 2.05) is 17.8 Å². The Morgan fingerprint density at radius 1 is 1.07 bits per heavy atom. The molecule has 0 atom stereocenters. The van der Waals surface area contributed by atoms with Gasteiger partial charge in [-0.2, -0.15) is 0 Å². The zero-order chi connectivity index (χ0) is 10.3. The third-order valence-corrected chi connectivity index (χ3v) is 4.97. The molecule has 0 bridgehead atoms. The molecule has 0 spiro atoms. The SMILES string of the molecule is Oc1cc2c(s1)SCc1ccccc1C2. The first kappa shape index (κ1) is 9.31. The molecule has 3 heteroatoms. The molecule has 2 aromatic rings. The average molecular weight is 234 g/mol. The Kier molecular flexibility index (Phi) is 2.22. The first-order valence-electron chi connectivity index (χ1n) is 4.84. The van der Waals surface area contributed by atoms with Gasteiger partial charge in [0.2, 0.25) is 0 Å². The second-order valence-electron chi connectivity index (χ2n) is 3.63. The topological polar surface area (TPSA) is 20.2 Å². The smallest absolute Gasteiger partial charge is 0.172 e. The van der Waals surface area contributed by atoms with E-state index >= 15 is 0 Å². The minimum absolute atomic E-state index is 0.437. The molecule has 2 heterocycles.